The number of carbonyl (C=O) groups excluding carboxylic acids is 4. The molecule has 1 N–H and O–H groups in total. The number of rotatable bonds is 5. The Morgan fingerprint density at radius 2 is 1.04 bits per heavy atom. The van der Waals surface area contributed by atoms with Crippen molar-refractivity contribution in [2.75, 3.05) is 72.2 Å². The van der Waals surface area contributed by atoms with E-state index in [-0.39, 0.29) is 29.4 Å². The van der Waals surface area contributed by atoms with Crippen molar-refractivity contribution in [3.05, 3.63) is 102 Å². The third-order valence-electron chi connectivity index (χ3n) is 12.9. The lowest BCUT2D eigenvalue weighted by Crippen LogP contribution is -2.43. The highest BCUT2D eigenvalue weighted by molar-refractivity contribution is 6.24. The number of fused-ring (bicyclic) bond motifs is 5. The van der Waals surface area contributed by atoms with E-state index in [0.29, 0.717) is 56.0 Å². The maximum Gasteiger partial charge on any atom is 0.238 e. The fourth-order valence-corrected chi connectivity index (χ4v) is 10.3. The van der Waals surface area contributed by atoms with Gasteiger partial charge in [-0.3, -0.25) is 29.0 Å². The van der Waals surface area contributed by atoms with Crippen LogP contribution in [0.3, 0.4) is 0 Å². The molecule has 5 fully saturated rings. The number of morpholine rings is 2. The zero-order valence-corrected chi connectivity index (χ0v) is 30.4. The molecule has 4 aliphatic heterocycles. The van der Waals surface area contributed by atoms with Crippen molar-refractivity contribution >= 4 is 57.2 Å². The molecule has 55 heavy (non-hydrogen) atoms. The van der Waals surface area contributed by atoms with Gasteiger partial charge in [0, 0.05) is 48.9 Å². The van der Waals surface area contributed by atoms with E-state index in [4.69, 9.17) is 9.47 Å². The first-order chi connectivity index (χ1) is 26.9. The molecular weight excluding hydrogens is 697 g/mol. The van der Waals surface area contributed by atoms with Gasteiger partial charge in [-0.05, 0) is 84.3 Å². The van der Waals surface area contributed by atoms with E-state index >= 15 is 0 Å². The lowest BCUT2D eigenvalue weighted by molar-refractivity contribution is -0.126. The quantitative estimate of drug-likeness (QED) is 0.216. The van der Waals surface area contributed by atoms with E-state index in [9.17, 15) is 24.3 Å². The van der Waals surface area contributed by atoms with E-state index in [2.05, 4.69) is 15.9 Å². The molecule has 6 aliphatic rings. The molecule has 6 unspecified atom stereocenters. The van der Waals surface area contributed by atoms with Crippen molar-refractivity contribution in [2.45, 2.75) is 18.8 Å². The smallest absolute Gasteiger partial charge is 0.238 e. The van der Waals surface area contributed by atoms with Crippen LogP contribution in [0, 0.1) is 29.6 Å². The highest BCUT2D eigenvalue weighted by atomic mass is 16.5. The fourth-order valence-electron chi connectivity index (χ4n) is 10.3. The van der Waals surface area contributed by atoms with Crippen LogP contribution in [-0.4, -0.2) is 81.3 Å². The third-order valence-corrected chi connectivity index (χ3v) is 12.9. The number of aromatic hydroxyl groups is 1. The van der Waals surface area contributed by atoms with Gasteiger partial charge >= 0.3 is 0 Å². The Kier molecular flexibility index (Phi) is 8.25. The minimum absolute atomic E-state index is 0.128. The number of hydrogen-bond acceptors (Lipinski definition) is 9. The Morgan fingerprint density at radius 3 is 1.62 bits per heavy atom. The van der Waals surface area contributed by atoms with Gasteiger partial charge < -0.3 is 24.4 Å². The van der Waals surface area contributed by atoms with Gasteiger partial charge in [-0.1, -0.05) is 42.0 Å². The Balaban J connectivity index is 1.02. The summed E-state index contributed by atoms with van der Waals surface area (Å²) in [6.07, 6.45) is 2.73. The zero-order valence-electron chi connectivity index (χ0n) is 30.4. The summed E-state index contributed by atoms with van der Waals surface area (Å²) >= 11 is 0. The van der Waals surface area contributed by atoms with Crippen molar-refractivity contribution in [1.29, 1.82) is 0 Å². The lowest BCUT2D eigenvalue weighted by Gasteiger charge is -2.44. The second-order valence-electron chi connectivity index (χ2n) is 15.5. The average molecular weight is 739 g/mol. The van der Waals surface area contributed by atoms with Crippen LogP contribution in [0.5, 0.6) is 5.75 Å². The number of hydrogen-bond donors (Lipinski definition) is 1. The van der Waals surface area contributed by atoms with Crippen LogP contribution in [-0.2, 0) is 28.7 Å². The van der Waals surface area contributed by atoms with Crippen molar-refractivity contribution in [1.82, 2.24) is 0 Å². The van der Waals surface area contributed by atoms with Gasteiger partial charge in [0.05, 0.1) is 61.5 Å². The van der Waals surface area contributed by atoms with Crippen LogP contribution >= 0.6 is 0 Å². The maximum absolute atomic E-state index is 14.8. The number of amides is 4. The van der Waals surface area contributed by atoms with Gasteiger partial charge in [-0.15, -0.1) is 0 Å². The number of phenols is 1. The topological polar surface area (TPSA) is 120 Å². The van der Waals surface area contributed by atoms with Gasteiger partial charge in [0.2, 0.25) is 23.6 Å². The van der Waals surface area contributed by atoms with E-state index in [1.54, 1.807) is 6.07 Å². The molecule has 11 nitrogen and oxygen atoms in total. The molecule has 0 radical (unpaired) electrons. The molecule has 280 valence electrons. The summed E-state index contributed by atoms with van der Waals surface area (Å²) in [4.78, 5) is 65.4. The van der Waals surface area contributed by atoms with Gasteiger partial charge in [0.15, 0.2) is 0 Å². The number of carbonyl (C=O) groups is 4. The van der Waals surface area contributed by atoms with Crippen LogP contribution in [0.15, 0.2) is 96.6 Å². The second-order valence-corrected chi connectivity index (χ2v) is 15.5. The summed E-state index contributed by atoms with van der Waals surface area (Å²) in [6, 6.07) is 26.2. The monoisotopic (exact) mass is 738 g/mol. The summed E-state index contributed by atoms with van der Waals surface area (Å²) in [7, 11) is 0. The number of anilines is 4. The lowest BCUT2D eigenvalue weighted by atomic mass is 9.57. The van der Waals surface area contributed by atoms with Gasteiger partial charge in [-0.2, -0.15) is 0 Å². The fraction of sp³-hybridized carbons (Fsp3) is 0.364. The number of nitrogens with zero attached hydrogens (tertiary/aromatic N) is 4. The molecule has 1 saturated carbocycles. The molecule has 4 saturated heterocycles. The standard InChI is InChI=1S/C44H42N4O7/c49-37-16-15-32(30-3-1-2-4-31(30)37)38-33-13-14-34-39(43(52)47(41(34)50)28-9-5-26(6-10-28)45-17-21-54-22-18-45)35(33)25-36-40(38)44(53)48(42(36)51)29-11-7-27(8-12-29)46-19-23-55-24-20-46/h1-13,15-16,34-36,38-40,49H,14,17-25H2. The number of phenolic OH excluding ortho intramolecular Hbond substituents is 1. The summed E-state index contributed by atoms with van der Waals surface area (Å²) in [5.41, 5.74) is 4.83. The number of allylic oxidation sites excluding steroid dienone is 2. The SMILES string of the molecule is O=C1C2CC=C3C(CC4C(=O)N(c5ccc(N6CCOCC6)cc5)C(=O)C4C3c3ccc(O)c4ccccc34)C2C(=O)N1c1ccc(N2CCOCC2)cc1. The molecule has 6 atom stereocenters. The molecule has 0 spiro atoms. The first kappa shape index (κ1) is 34.0. The zero-order chi connectivity index (χ0) is 37.4. The molecule has 11 heteroatoms. The van der Waals surface area contributed by atoms with E-state index in [0.717, 1.165) is 54.1 Å². The number of ether oxygens (including phenoxy) is 2. The maximum atomic E-state index is 14.8. The van der Waals surface area contributed by atoms with E-state index in [1.165, 1.54) is 9.80 Å². The molecule has 10 rings (SSSR count). The van der Waals surface area contributed by atoms with E-state index in [1.807, 2.05) is 78.9 Å². The summed E-state index contributed by atoms with van der Waals surface area (Å²) in [6.45, 7) is 5.69. The summed E-state index contributed by atoms with van der Waals surface area (Å²) < 4.78 is 11.0. The highest BCUT2D eigenvalue weighted by Gasteiger charge is 2.62. The van der Waals surface area contributed by atoms with Gasteiger partial charge in [0.25, 0.3) is 0 Å². The first-order valence-electron chi connectivity index (χ1n) is 19.4. The van der Waals surface area contributed by atoms with Gasteiger partial charge in [0.1, 0.15) is 5.75 Å². The van der Waals surface area contributed by atoms with Crippen molar-refractivity contribution in [2.24, 2.45) is 29.6 Å². The Labute approximate surface area is 318 Å². The predicted octanol–water partition coefficient (Wildman–Crippen LogP) is 5.26. The van der Waals surface area contributed by atoms with Crippen LogP contribution in [0.2, 0.25) is 0 Å². The number of imide groups is 2. The molecule has 4 aromatic carbocycles. The van der Waals surface area contributed by atoms with Crippen LogP contribution < -0.4 is 19.6 Å². The van der Waals surface area contributed by atoms with Crippen LogP contribution in [0.4, 0.5) is 22.7 Å². The van der Waals surface area contributed by atoms with Crippen molar-refractivity contribution < 1.29 is 33.8 Å². The minimum Gasteiger partial charge on any atom is -0.507 e. The molecule has 4 aromatic rings. The first-order valence-corrected chi connectivity index (χ1v) is 19.4. The summed E-state index contributed by atoms with van der Waals surface area (Å²) in [5.74, 6) is -4.51. The van der Waals surface area contributed by atoms with Crippen molar-refractivity contribution in [3.8, 4) is 5.75 Å². The average Bonchev–Trinajstić information content (AvgIpc) is 3.64. The van der Waals surface area contributed by atoms with Gasteiger partial charge in [-0.25, -0.2) is 0 Å². The van der Waals surface area contributed by atoms with Crippen molar-refractivity contribution in [3.63, 3.8) is 0 Å². The molecule has 4 amide bonds. The molecule has 2 aliphatic carbocycles. The summed E-state index contributed by atoms with van der Waals surface area (Å²) in [5, 5.41) is 12.3. The largest absolute Gasteiger partial charge is 0.507 e. The third kappa shape index (κ3) is 5.38. The second kappa shape index (κ2) is 13.3. The Bertz CT molecular complexity index is 2240. The van der Waals surface area contributed by atoms with Crippen LogP contribution in [0.1, 0.15) is 24.3 Å². The number of benzene rings is 4. The molecule has 4 heterocycles. The minimum atomic E-state index is -0.713. The molecular formula is C44H42N4O7. The highest BCUT2D eigenvalue weighted by Crippen LogP contribution is 2.59. The normalized spacial score (nSPS) is 28.0. The van der Waals surface area contributed by atoms with Crippen LogP contribution in [0.25, 0.3) is 10.8 Å². The Hall–Kier alpha value is -5.52. The predicted molar refractivity (Wildman–Crippen MR) is 207 cm³/mol. The molecule has 0 aromatic heterocycles. The molecule has 0 bridgehead atoms. The Morgan fingerprint density at radius 1 is 0.527 bits per heavy atom. The van der Waals surface area contributed by atoms with E-state index < -0.39 is 35.5 Å².